The Morgan fingerprint density at radius 2 is 2.02 bits per heavy atom. The Morgan fingerprint density at radius 3 is 2.67 bits per heavy atom. The summed E-state index contributed by atoms with van der Waals surface area (Å²) < 4.78 is 57.3. The molecule has 0 spiro atoms. The van der Waals surface area contributed by atoms with E-state index in [4.69, 9.17) is 14.0 Å². The summed E-state index contributed by atoms with van der Waals surface area (Å²) in [5.74, 6) is -0.700. The number of amides is 2. The number of allylic oxidation sites excluding steroid dienone is 1. The van der Waals surface area contributed by atoms with E-state index in [-0.39, 0.29) is 35.6 Å². The highest BCUT2D eigenvalue weighted by atomic mass is 19.4. The summed E-state index contributed by atoms with van der Waals surface area (Å²) >= 11 is 0. The van der Waals surface area contributed by atoms with Gasteiger partial charge in [-0.05, 0) is 58.2 Å². The van der Waals surface area contributed by atoms with Crippen molar-refractivity contribution < 1.29 is 41.9 Å². The number of likely N-dealkylation sites (tertiary alicyclic amines) is 1. The lowest BCUT2D eigenvalue weighted by atomic mass is 10.1. The number of hydrogen-bond acceptors (Lipinski definition) is 7. The first-order chi connectivity index (χ1) is 18.8. The molecule has 14 heteroatoms. The van der Waals surface area contributed by atoms with Crippen LogP contribution in [-0.4, -0.2) is 57.0 Å². The van der Waals surface area contributed by atoms with Crippen LogP contribution in [0.3, 0.4) is 0 Å². The van der Waals surface area contributed by atoms with Gasteiger partial charge in [0, 0.05) is 12.1 Å². The van der Waals surface area contributed by atoms with Gasteiger partial charge in [0.2, 0.25) is 17.7 Å². The van der Waals surface area contributed by atoms with E-state index < -0.39 is 35.6 Å². The van der Waals surface area contributed by atoms with E-state index in [0.717, 1.165) is 18.9 Å². The molecule has 1 saturated heterocycles. The number of aromatic nitrogens is 2. The third-order valence-corrected chi connectivity index (χ3v) is 5.56. The first-order valence-corrected chi connectivity index (χ1v) is 12.7. The van der Waals surface area contributed by atoms with Crippen molar-refractivity contribution in [2.75, 3.05) is 13.2 Å². The molecule has 0 bridgehead atoms. The fourth-order valence-corrected chi connectivity index (χ4v) is 3.90. The molecule has 1 aliphatic heterocycles. The van der Waals surface area contributed by atoms with E-state index >= 15 is 0 Å². The number of aliphatic imine (C=N–C) groups is 1. The number of benzene rings is 1. The summed E-state index contributed by atoms with van der Waals surface area (Å²) in [4.78, 5) is 33.2. The van der Waals surface area contributed by atoms with Gasteiger partial charge in [-0.2, -0.15) is 18.2 Å². The van der Waals surface area contributed by atoms with Gasteiger partial charge in [-0.3, -0.25) is 5.32 Å². The topological polar surface area (TPSA) is 139 Å². The van der Waals surface area contributed by atoms with Gasteiger partial charge in [-0.15, -0.1) is 4.99 Å². The number of ether oxygens (including phenoxy) is 2. The van der Waals surface area contributed by atoms with Crippen molar-refractivity contribution in [1.82, 2.24) is 20.4 Å². The van der Waals surface area contributed by atoms with Gasteiger partial charge < -0.3 is 24.0 Å². The van der Waals surface area contributed by atoms with E-state index in [1.165, 1.54) is 17.0 Å². The third kappa shape index (κ3) is 8.45. The second-order valence-corrected chi connectivity index (χ2v) is 9.93. The summed E-state index contributed by atoms with van der Waals surface area (Å²) in [6.07, 6.45) is -0.941. The van der Waals surface area contributed by atoms with Crippen molar-refractivity contribution in [1.29, 1.82) is 0 Å². The lowest BCUT2D eigenvalue weighted by Crippen LogP contribution is -2.44. The van der Waals surface area contributed by atoms with Gasteiger partial charge in [0.15, 0.2) is 0 Å². The first kappa shape index (κ1) is 30.4. The minimum atomic E-state index is -4.69. The highest BCUT2D eigenvalue weighted by Gasteiger charge is 2.37. The SMILES string of the molecule is CCCC=CCOc1ccc(-c2noc(C3CCCN3C(=NC(=O)OC(C)(C)C)NC(=O)O)n2)cc1C(F)(F)F. The normalized spacial score (nSPS) is 16.4. The van der Waals surface area contributed by atoms with Crippen LogP contribution in [0.25, 0.3) is 11.4 Å². The molecule has 1 aromatic heterocycles. The van der Waals surface area contributed by atoms with Gasteiger partial charge in [-0.25, -0.2) is 9.59 Å². The standard InChI is InChI=1S/C26H32F3N5O6/c1-5-6-7-8-14-38-19-12-11-16(15-17(19)26(27,28)29)20-30-21(40-33-20)18-10-9-13-34(18)22(31-23(35)36)32-24(37)39-25(2,3)4/h7-8,11-12,15,18H,5-6,9-10,13-14H2,1-4H3,(H,35,36)(H,31,32,37). The smallest absolute Gasteiger partial charge is 0.437 e. The van der Waals surface area contributed by atoms with Gasteiger partial charge in [0.05, 0.1) is 5.56 Å². The summed E-state index contributed by atoms with van der Waals surface area (Å²) in [5.41, 5.74) is -1.80. The Bertz CT molecular complexity index is 1250. The summed E-state index contributed by atoms with van der Waals surface area (Å²) in [5, 5.41) is 15.2. The summed E-state index contributed by atoms with van der Waals surface area (Å²) in [6, 6.07) is 2.79. The Kier molecular flexibility index (Phi) is 9.77. The van der Waals surface area contributed by atoms with E-state index in [2.05, 4.69) is 20.4 Å². The number of guanidine groups is 1. The zero-order valence-electron chi connectivity index (χ0n) is 22.6. The lowest BCUT2D eigenvalue weighted by Gasteiger charge is -2.25. The average Bonchev–Trinajstić information content (AvgIpc) is 3.51. The molecule has 3 rings (SSSR count). The zero-order chi connectivity index (χ0) is 29.5. The number of carbonyl (C=O) groups is 2. The largest absolute Gasteiger partial charge is 0.489 e. The number of nitrogens with one attached hydrogen (secondary N) is 1. The maximum absolute atomic E-state index is 13.8. The first-order valence-electron chi connectivity index (χ1n) is 12.7. The minimum absolute atomic E-state index is 0.0101. The van der Waals surface area contributed by atoms with Crippen molar-refractivity contribution in [2.45, 2.75) is 71.2 Å². The second-order valence-electron chi connectivity index (χ2n) is 9.93. The minimum Gasteiger partial charge on any atom is -0.489 e. The average molecular weight is 568 g/mol. The molecule has 1 fully saturated rings. The van der Waals surface area contributed by atoms with Crippen molar-refractivity contribution in [3.63, 3.8) is 0 Å². The molecule has 1 aromatic carbocycles. The Hall–Kier alpha value is -4.10. The van der Waals surface area contributed by atoms with E-state index in [1.54, 1.807) is 26.8 Å². The molecule has 218 valence electrons. The van der Waals surface area contributed by atoms with Crippen LogP contribution < -0.4 is 10.1 Å². The van der Waals surface area contributed by atoms with Crippen molar-refractivity contribution >= 4 is 18.1 Å². The second kappa shape index (κ2) is 12.8. The van der Waals surface area contributed by atoms with Crippen LogP contribution in [0, 0.1) is 0 Å². The molecule has 40 heavy (non-hydrogen) atoms. The number of nitrogens with zero attached hydrogens (tertiary/aromatic N) is 4. The molecular weight excluding hydrogens is 535 g/mol. The molecule has 1 aliphatic rings. The molecule has 2 N–H and O–H groups in total. The molecule has 2 amide bonds. The van der Waals surface area contributed by atoms with Gasteiger partial charge in [-0.1, -0.05) is 30.7 Å². The monoisotopic (exact) mass is 567 g/mol. The van der Waals surface area contributed by atoms with Gasteiger partial charge in [0.25, 0.3) is 0 Å². The quantitative estimate of drug-likeness (QED) is 0.228. The van der Waals surface area contributed by atoms with Gasteiger partial charge >= 0.3 is 18.4 Å². The Balaban J connectivity index is 1.86. The Labute approximate surface area is 229 Å². The summed E-state index contributed by atoms with van der Waals surface area (Å²) in [6.45, 7) is 7.18. The molecule has 1 atom stereocenters. The highest BCUT2D eigenvalue weighted by molar-refractivity contribution is 5.98. The predicted molar refractivity (Wildman–Crippen MR) is 138 cm³/mol. The van der Waals surface area contributed by atoms with Crippen LogP contribution in [0.15, 0.2) is 39.9 Å². The molecule has 0 radical (unpaired) electrons. The van der Waals surface area contributed by atoms with Crippen LogP contribution in [0.2, 0.25) is 0 Å². The maximum Gasteiger partial charge on any atom is 0.437 e. The number of unbranched alkanes of at least 4 members (excludes halogenated alkanes) is 1. The van der Waals surface area contributed by atoms with E-state index in [9.17, 15) is 27.9 Å². The number of carbonyl (C=O) groups excluding carboxylic acids is 1. The highest BCUT2D eigenvalue weighted by Crippen LogP contribution is 2.39. The van der Waals surface area contributed by atoms with Crippen LogP contribution in [0.1, 0.15) is 70.9 Å². The van der Waals surface area contributed by atoms with Crippen LogP contribution in [0.4, 0.5) is 22.8 Å². The van der Waals surface area contributed by atoms with Crippen LogP contribution >= 0.6 is 0 Å². The maximum atomic E-state index is 13.8. The number of alkyl halides is 3. The fourth-order valence-electron chi connectivity index (χ4n) is 3.90. The number of halogens is 3. The van der Waals surface area contributed by atoms with E-state index in [1.807, 2.05) is 13.0 Å². The lowest BCUT2D eigenvalue weighted by molar-refractivity contribution is -0.138. The van der Waals surface area contributed by atoms with Gasteiger partial charge in [0.1, 0.15) is 24.0 Å². The molecule has 2 heterocycles. The number of rotatable bonds is 7. The number of carboxylic acid groups (broad SMARTS) is 1. The van der Waals surface area contributed by atoms with Crippen LogP contribution in [-0.2, 0) is 10.9 Å². The Morgan fingerprint density at radius 1 is 1.27 bits per heavy atom. The fraction of sp³-hybridized carbons (Fsp3) is 0.500. The molecule has 0 saturated carbocycles. The van der Waals surface area contributed by atoms with Crippen molar-refractivity contribution in [3.8, 4) is 17.1 Å². The predicted octanol–water partition coefficient (Wildman–Crippen LogP) is 6.19. The van der Waals surface area contributed by atoms with E-state index in [0.29, 0.717) is 19.4 Å². The molecule has 0 aliphatic carbocycles. The number of hydrogen-bond donors (Lipinski definition) is 2. The van der Waals surface area contributed by atoms with Crippen molar-refractivity contribution in [2.24, 2.45) is 4.99 Å². The molecule has 11 nitrogen and oxygen atoms in total. The molecule has 2 aromatic rings. The van der Waals surface area contributed by atoms with Crippen LogP contribution in [0.5, 0.6) is 5.75 Å². The third-order valence-electron chi connectivity index (χ3n) is 5.56. The summed E-state index contributed by atoms with van der Waals surface area (Å²) in [7, 11) is 0. The van der Waals surface area contributed by atoms with Crippen molar-refractivity contribution in [3.05, 3.63) is 41.8 Å². The zero-order valence-corrected chi connectivity index (χ0v) is 22.6. The molecule has 1 unspecified atom stereocenters. The molecular formula is C26H32F3N5O6.